The van der Waals surface area contributed by atoms with Crippen LogP contribution in [-0.2, 0) is 6.42 Å². The Labute approximate surface area is 110 Å². The normalized spacial score (nSPS) is 30.3. The Balaban J connectivity index is 1.61. The van der Waals surface area contributed by atoms with Crippen molar-refractivity contribution in [2.75, 3.05) is 20.1 Å². The van der Waals surface area contributed by atoms with Gasteiger partial charge in [-0.2, -0.15) is 0 Å². The number of rotatable bonds is 4. The molecule has 0 radical (unpaired) electrons. The largest absolute Gasteiger partial charge is 0.330 e. The Morgan fingerprint density at radius 1 is 1.28 bits per heavy atom. The molecular formula is C16H24N2. The molecule has 2 aliphatic carbocycles. The van der Waals surface area contributed by atoms with E-state index in [0.717, 1.165) is 24.4 Å². The molecule has 2 nitrogen and oxygen atoms in total. The van der Waals surface area contributed by atoms with E-state index >= 15 is 0 Å². The molecule has 2 heteroatoms. The number of benzene rings is 1. The second kappa shape index (κ2) is 5.02. The van der Waals surface area contributed by atoms with Gasteiger partial charge in [0.05, 0.1) is 0 Å². The number of likely N-dealkylation sites (N-methyl/N-ethyl adjacent to an activating group) is 1. The zero-order valence-corrected chi connectivity index (χ0v) is 11.3. The fourth-order valence-electron chi connectivity index (χ4n) is 3.88. The van der Waals surface area contributed by atoms with Gasteiger partial charge in [-0.15, -0.1) is 0 Å². The molecule has 0 bridgehead atoms. The van der Waals surface area contributed by atoms with Gasteiger partial charge in [0.1, 0.15) is 0 Å². The van der Waals surface area contributed by atoms with Gasteiger partial charge in [0, 0.05) is 18.5 Å². The fourth-order valence-corrected chi connectivity index (χ4v) is 3.88. The maximum absolute atomic E-state index is 5.89. The highest BCUT2D eigenvalue weighted by atomic mass is 15.1. The predicted molar refractivity (Wildman–Crippen MR) is 75.7 cm³/mol. The van der Waals surface area contributed by atoms with Crippen molar-refractivity contribution in [3.05, 3.63) is 35.4 Å². The minimum atomic E-state index is 0.725. The third-order valence-corrected chi connectivity index (χ3v) is 4.96. The van der Waals surface area contributed by atoms with Gasteiger partial charge < -0.3 is 10.6 Å². The van der Waals surface area contributed by atoms with Crippen LogP contribution in [0.1, 0.15) is 36.3 Å². The fraction of sp³-hybridized carbons (Fsp3) is 0.625. The summed E-state index contributed by atoms with van der Waals surface area (Å²) in [5, 5.41) is 0. The second-order valence-corrected chi connectivity index (χ2v) is 6.03. The molecule has 3 rings (SSSR count). The van der Waals surface area contributed by atoms with Gasteiger partial charge in [-0.25, -0.2) is 0 Å². The zero-order valence-electron chi connectivity index (χ0n) is 11.3. The first-order valence-corrected chi connectivity index (χ1v) is 7.27. The topological polar surface area (TPSA) is 29.3 Å². The van der Waals surface area contributed by atoms with E-state index in [1.807, 2.05) is 0 Å². The zero-order chi connectivity index (χ0) is 12.5. The highest BCUT2D eigenvalue weighted by Crippen LogP contribution is 2.37. The number of fused-ring (bicyclic) bond motifs is 1. The van der Waals surface area contributed by atoms with Gasteiger partial charge in [0.15, 0.2) is 0 Å². The number of nitrogens with two attached hydrogens (primary N) is 1. The van der Waals surface area contributed by atoms with Gasteiger partial charge in [0.2, 0.25) is 0 Å². The molecule has 18 heavy (non-hydrogen) atoms. The molecule has 0 amide bonds. The molecule has 1 aromatic carbocycles. The van der Waals surface area contributed by atoms with Crippen LogP contribution < -0.4 is 5.73 Å². The maximum atomic E-state index is 5.89. The molecule has 0 saturated heterocycles. The average Bonchev–Trinajstić information content (AvgIpc) is 2.84. The summed E-state index contributed by atoms with van der Waals surface area (Å²) in [7, 11) is 2.29. The quantitative estimate of drug-likeness (QED) is 0.881. The first-order valence-electron chi connectivity index (χ1n) is 7.27. The summed E-state index contributed by atoms with van der Waals surface area (Å²) in [5.41, 5.74) is 9.02. The summed E-state index contributed by atoms with van der Waals surface area (Å²) in [6, 6.07) is 9.61. The van der Waals surface area contributed by atoms with Crippen LogP contribution in [-0.4, -0.2) is 31.1 Å². The van der Waals surface area contributed by atoms with Crippen LogP contribution in [0, 0.1) is 5.92 Å². The van der Waals surface area contributed by atoms with Crippen molar-refractivity contribution in [3.8, 4) is 0 Å². The third kappa shape index (κ3) is 2.08. The molecule has 98 valence electrons. The molecule has 1 aromatic rings. The van der Waals surface area contributed by atoms with Gasteiger partial charge in [-0.3, -0.25) is 0 Å². The van der Waals surface area contributed by atoms with E-state index < -0.39 is 0 Å². The van der Waals surface area contributed by atoms with Gasteiger partial charge in [-0.1, -0.05) is 30.7 Å². The molecule has 3 atom stereocenters. The Kier molecular flexibility index (Phi) is 3.40. The highest BCUT2D eigenvalue weighted by molar-refractivity contribution is 5.40. The van der Waals surface area contributed by atoms with Crippen LogP contribution in [0.25, 0.3) is 0 Å². The first-order chi connectivity index (χ1) is 8.79. The SMILES string of the molecule is CN(CC1Cc2ccccc21)C1CCCC1CN. The van der Waals surface area contributed by atoms with Crippen molar-refractivity contribution in [2.24, 2.45) is 11.7 Å². The van der Waals surface area contributed by atoms with Crippen LogP contribution in [0.4, 0.5) is 0 Å². The Morgan fingerprint density at radius 2 is 2.11 bits per heavy atom. The van der Waals surface area contributed by atoms with Gasteiger partial charge in [-0.05, 0) is 49.9 Å². The molecule has 0 heterocycles. The van der Waals surface area contributed by atoms with E-state index in [9.17, 15) is 0 Å². The van der Waals surface area contributed by atoms with E-state index in [1.165, 1.54) is 32.2 Å². The van der Waals surface area contributed by atoms with Crippen molar-refractivity contribution in [1.29, 1.82) is 0 Å². The van der Waals surface area contributed by atoms with E-state index in [2.05, 4.69) is 36.2 Å². The van der Waals surface area contributed by atoms with Crippen LogP contribution in [0.15, 0.2) is 24.3 Å². The van der Waals surface area contributed by atoms with Gasteiger partial charge >= 0.3 is 0 Å². The molecular weight excluding hydrogens is 220 g/mol. The van der Waals surface area contributed by atoms with Crippen LogP contribution >= 0.6 is 0 Å². The average molecular weight is 244 g/mol. The summed E-state index contributed by atoms with van der Waals surface area (Å²) in [6.45, 7) is 2.06. The summed E-state index contributed by atoms with van der Waals surface area (Å²) in [6.07, 6.45) is 5.29. The van der Waals surface area contributed by atoms with Crippen molar-refractivity contribution >= 4 is 0 Å². The van der Waals surface area contributed by atoms with E-state index in [0.29, 0.717) is 0 Å². The smallest absolute Gasteiger partial charge is 0.0133 e. The Bertz CT molecular complexity index is 415. The lowest BCUT2D eigenvalue weighted by Crippen LogP contribution is -2.41. The predicted octanol–water partition coefficient (Wildman–Crippen LogP) is 2.39. The molecule has 0 aromatic heterocycles. The minimum absolute atomic E-state index is 0.725. The summed E-state index contributed by atoms with van der Waals surface area (Å²) in [5.74, 6) is 1.48. The maximum Gasteiger partial charge on any atom is 0.0133 e. The molecule has 2 N–H and O–H groups in total. The monoisotopic (exact) mass is 244 g/mol. The molecule has 0 spiro atoms. The molecule has 1 saturated carbocycles. The van der Waals surface area contributed by atoms with Gasteiger partial charge in [0.25, 0.3) is 0 Å². The number of hydrogen-bond donors (Lipinski definition) is 1. The third-order valence-electron chi connectivity index (χ3n) is 4.96. The Hall–Kier alpha value is -0.860. The molecule has 0 aliphatic heterocycles. The second-order valence-electron chi connectivity index (χ2n) is 6.03. The summed E-state index contributed by atoms with van der Waals surface area (Å²) in [4.78, 5) is 2.57. The van der Waals surface area contributed by atoms with Crippen molar-refractivity contribution in [1.82, 2.24) is 4.90 Å². The van der Waals surface area contributed by atoms with Crippen molar-refractivity contribution < 1.29 is 0 Å². The summed E-state index contributed by atoms with van der Waals surface area (Å²) >= 11 is 0. The van der Waals surface area contributed by atoms with E-state index in [4.69, 9.17) is 5.73 Å². The minimum Gasteiger partial charge on any atom is -0.330 e. The molecule has 2 aliphatic rings. The van der Waals surface area contributed by atoms with E-state index in [1.54, 1.807) is 11.1 Å². The van der Waals surface area contributed by atoms with E-state index in [-0.39, 0.29) is 0 Å². The number of hydrogen-bond acceptors (Lipinski definition) is 2. The standard InChI is InChI=1S/C16H24N2/c1-18(16-8-4-6-13(16)10-17)11-14-9-12-5-2-3-7-15(12)14/h2-3,5,7,13-14,16H,4,6,8-11,17H2,1H3. The number of nitrogens with zero attached hydrogens (tertiary/aromatic N) is 1. The summed E-state index contributed by atoms with van der Waals surface area (Å²) < 4.78 is 0. The first kappa shape index (κ1) is 12.2. The molecule has 1 fully saturated rings. The highest BCUT2D eigenvalue weighted by Gasteiger charge is 2.33. The lowest BCUT2D eigenvalue weighted by atomic mass is 9.77. The van der Waals surface area contributed by atoms with Crippen LogP contribution in [0.5, 0.6) is 0 Å². The van der Waals surface area contributed by atoms with Crippen molar-refractivity contribution in [3.63, 3.8) is 0 Å². The molecule has 3 unspecified atom stereocenters. The lowest BCUT2D eigenvalue weighted by Gasteiger charge is -2.37. The van der Waals surface area contributed by atoms with Crippen LogP contribution in [0.3, 0.4) is 0 Å². The van der Waals surface area contributed by atoms with Crippen molar-refractivity contribution in [2.45, 2.75) is 37.6 Å². The van der Waals surface area contributed by atoms with Crippen LogP contribution in [0.2, 0.25) is 0 Å². The Morgan fingerprint density at radius 3 is 2.89 bits per heavy atom. The lowest BCUT2D eigenvalue weighted by molar-refractivity contribution is 0.184.